The zero-order chi connectivity index (χ0) is 9.42. The van der Waals surface area contributed by atoms with Crippen molar-refractivity contribution in [3.05, 3.63) is 28.9 Å². The van der Waals surface area contributed by atoms with Gasteiger partial charge in [0, 0.05) is 18.6 Å². The van der Waals surface area contributed by atoms with E-state index < -0.39 is 0 Å². The first-order valence-electron chi connectivity index (χ1n) is 3.73. The van der Waals surface area contributed by atoms with E-state index in [1.54, 1.807) is 16.8 Å². The van der Waals surface area contributed by atoms with Crippen LogP contribution in [-0.4, -0.2) is 9.78 Å². The van der Waals surface area contributed by atoms with Gasteiger partial charge in [-0.25, -0.2) is 0 Å². The summed E-state index contributed by atoms with van der Waals surface area (Å²) in [6.45, 7) is 0. The summed E-state index contributed by atoms with van der Waals surface area (Å²) in [5.41, 5.74) is 1.30. The highest BCUT2D eigenvalue weighted by molar-refractivity contribution is 6.32. The van der Waals surface area contributed by atoms with Crippen LogP contribution in [0.25, 0.3) is 10.9 Å². The van der Waals surface area contributed by atoms with Crippen molar-refractivity contribution in [1.82, 2.24) is 9.78 Å². The first-order valence-corrected chi connectivity index (χ1v) is 4.11. The topological polar surface area (TPSA) is 41.6 Å². The molecule has 2 rings (SSSR count). The van der Waals surface area contributed by atoms with Crippen LogP contribution >= 0.6 is 11.6 Å². The van der Waals surface area contributed by atoms with Gasteiger partial charge >= 0.3 is 0 Å². The van der Waals surface area contributed by atoms with E-state index in [1.165, 1.54) is 0 Å². The molecule has 64 valence electrons. The molecule has 0 aliphatic heterocycles. The first-order chi connectivity index (χ1) is 6.20. The van der Waals surface area contributed by atoms with Crippen molar-refractivity contribution < 1.29 is 0 Å². The lowest BCUT2D eigenvalue weighted by Crippen LogP contribution is -1.84. The predicted molar refractivity (Wildman–Crippen MR) is 50.4 cm³/mol. The minimum Gasteiger partial charge on any atom is -0.275 e. The van der Waals surface area contributed by atoms with Gasteiger partial charge in [0.1, 0.15) is 6.07 Å². The van der Waals surface area contributed by atoms with Gasteiger partial charge in [0.2, 0.25) is 0 Å². The third-order valence-corrected chi connectivity index (χ3v) is 2.14. The highest BCUT2D eigenvalue weighted by Gasteiger charge is 2.04. The van der Waals surface area contributed by atoms with Gasteiger partial charge in [-0.15, -0.1) is 0 Å². The normalized spacial score (nSPS) is 10.2. The quantitative estimate of drug-likeness (QED) is 0.640. The molecular formula is C9H6ClN3. The molecule has 0 spiro atoms. The van der Waals surface area contributed by atoms with Crippen molar-refractivity contribution in [2.45, 2.75) is 0 Å². The molecule has 0 saturated carbocycles. The van der Waals surface area contributed by atoms with E-state index in [-0.39, 0.29) is 0 Å². The first kappa shape index (κ1) is 8.09. The maximum absolute atomic E-state index is 8.72. The molecule has 2 aromatic rings. The van der Waals surface area contributed by atoms with Gasteiger partial charge in [0.15, 0.2) is 0 Å². The molecule has 4 heteroatoms. The molecule has 0 unspecified atom stereocenters. The van der Waals surface area contributed by atoms with Gasteiger partial charge in [-0.05, 0) is 12.1 Å². The zero-order valence-corrected chi connectivity index (χ0v) is 7.71. The summed E-state index contributed by atoms with van der Waals surface area (Å²) in [4.78, 5) is 0. The fraction of sp³-hybridized carbons (Fsp3) is 0.111. The van der Waals surface area contributed by atoms with E-state index in [1.807, 2.05) is 19.3 Å². The second kappa shape index (κ2) is 2.75. The minimum atomic E-state index is 0.453. The molecule has 1 aromatic heterocycles. The Morgan fingerprint density at radius 2 is 2.31 bits per heavy atom. The highest BCUT2D eigenvalue weighted by Crippen LogP contribution is 2.21. The van der Waals surface area contributed by atoms with E-state index in [0.29, 0.717) is 10.6 Å². The van der Waals surface area contributed by atoms with Gasteiger partial charge < -0.3 is 0 Å². The number of nitrogens with zero attached hydrogens (tertiary/aromatic N) is 3. The van der Waals surface area contributed by atoms with Crippen LogP contribution in [0.5, 0.6) is 0 Å². The van der Waals surface area contributed by atoms with Crippen molar-refractivity contribution in [3.8, 4) is 6.07 Å². The van der Waals surface area contributed by atoms with Gasteiger partial charge in [-0.3, -0.25) is 4.68 Å². The summed E-state index contributed by atoms with van der Waals surface area (Å²) in [6, 6.07) is 5.47. The molecule has 1 aromatic carbocycles. The van der Waals surface area contributed by atoms with E-state index >= 15 is 0 Å². The third kappa shape index (κ3) is 1.25. The van der Waals surface area contributed by atoms with E-state index in [9.17, 15) is 0 Å². The highest BCUT2D eigenvalue weighted by atomic mass is 35.5. The Morgan fingerprint density at radius 1 is 1.54 bits per heavy atom. The SMILES string of the molecule is Cn1cc2cc(C#N)c(Cl)cc2n1. The lowest BCUT2D eigenvalue weighted by atomic mass is 10.2. The molecule has 0 aliphatic carbocycles. The van der Waals surface area contributed by atoms with Crippen molar-refractivity contribution in [1.29, 1.82) is 5.26 Å². The van der Waals surface area contributed by atoms with E-state index in [2.05, 4.69) is 5.10 Å². The number of fused-ring (bicyclic) bond motifs is 1. The molecule has 0 aliphatic rings. The zero-order valence-electron chi connectivity index (χ0n) is 6.95. The standard InChI is InChI=1S/C9H6ClN3/c1-13-5-7-2-6(4-11)8(10)3-9(7)12-13/h2-3,5H,1H3. The van der Waals surface area contributed by atoms with Crippen molar-refractivity contribution in [3.63, 3.8) is 0 Å². The summed E-state index contributed by atoms with van der Waals surface area (Å²) in [6.07, 6.45) is 1.85. The Hall–Kier alpha value is -1.53. The summed E-state index contributed by atoms with van der Waals surface area (Å²) in [5, 5.41) is 14.3. The molecule has 13 heavy (non-hydrogen) atoms. The molecule has 3 nitrogen and oxygen atoms in total. The van der Waals surface area contributed by atoms with Crippen molar-refractivity contribution >= 4 is 22.5 Å². The second-order valence-electron chi connectivity index (χ2n) is 2.81. The lowest BCUT2D eigenvalue weighted by molar-refractivity contribution is 0.780. The van der Waals surface area contributed by atoms with Crippen molar-refractivity contribution in [2.24, 2.45) is 7.05 Å². The Labute approximate surface area is 80.1 Å². The summed E-state index contributed by atoms with van der Waals surface area (Å²) < 4.78 is 1.70. The average molecular weight is 192 g/mol. The minimum absolute atomic E-state index is 0.453. The summed E-state index contributed by atoms with van der Waals surface area (Å²) in [7, 11) is 1.83. The monoisotopic (exact) mass is 191 g/mol. The van der Waals surface area contributed by atoms with Crippen LogP contribution in [0.4, 0.5) is 0 Å². The number of aromatic nitrogens is 2. The Kier molecular flexibility index (Phi) is 1.71. The molecular weight excluding hydrogens is 186 g/mol. The Bertz CT molecular complexity index is 507. The number of hydrogen-bond acceptors (Lipinski definition) is 2. The van der Waals surface area contributed by atoms with Crippen LogP contribution in [0.3, 0.4) is 0 Å². The van der Waals surface area contributed by atoms with Crippen LogP contribution in [0.2, 0.25) is 5.02 Å². The molecule has 0 fully saturated rings. The predicted octanol–water partition coefficient (Wildman–Crippen LogP) is 2.10. The van der Waals surface area contributed by atoms with Crippen LogP contribution in [0.1, 0.15) is 5.56 Å². The largest absolute Gasteiger partial charge is 0.275 e. The molecule has 0 atom stereocenters. The molecule has 0 saturated heterocycles. The van der Waals surface area contributed by atoms with Gasteiger partial charge in [-0.1, -0.05) is 11.6 Å². The summed E-state index contributed by atoms with van der Waals surface area (Å²) >= 11 is 5.84. The molecule has 0 radical (unpaired) electrons. The van der Waals surface area contributed by atoms with Crippen LogP contribution in [-0.2, 0) is 7.05 Å². The van der Waals surface area contributed by atoms with E-state index in [4.69, 9.17) is 16.9 Å². The van der Waals surface area contributed by atoms with Crippen LogP contribution < -0.4 is 0 Å². The number of halogens is 1. The lowest BCUT2D eigenvalue weighted by Gasteiger charge is -1.92. The fourth-order valence-electron chi connectivity index (χ4n) is 1.26. The average Bonchev–Trinajstić information content (AvgIpc) is 2.42. The molecule has 0 amide bonds. The number of aryl methyl sites for hydroxylation is 1. The third-order valence-electron chi connectivity index (χ3n) is 1.83. The second-order valence-corrected chi connectivity index (χ2v) is 3.21. The maximum atomic E-state index is 8.72. The van der Waals surface area contributed by atoms with E-state index in [0.717, 1.165) is 10.9 Å². The number of hydrogen-bond donors (Lipinski definition) is 0. The molecule has 1 heterocycles. The summed E-state index contributed by atoms with van der Waals surface area (Å²) in [5.74, 6) is 0. The fourth-order valence-corrected chi connectivity index (χ4v) is 1.46. The Balaban J connectivity index is 2.82. The van der Waals surface area contributed by atoms with Gasteiger partial charge in [0.05, 0.1) is 16.1 Å². The molecule has 0 bridgehead atoms. The van der Waals surface area contributed by atoms with Crippen LogP contribution in [0.15, 0.2) is 18.3 Å². The number of rotatable bonds is 0. The molecule has 0 N–H and O–H groups in total. The van der Waals surface area contributed by atoms with Gasteiger partial charge in [0.25, 0.3) is 0 Å². The number of nitriles is 1. The maximum Gasteiger partial charge on any atom is 0.101 e. The smallest absolute Gasteiger partial charge is 0.101 e. The van der Waals surface area contributed by atoms with Gasteiger partial charge in [-0.2, -0.15) is 10.4 Å². The van der Waals surface area contributed by atoms with Crippen molar-refractivity contribution in [2.75, 3.05) is 0 Å². The van der Waals surface area contributed by atoms with Crippen LogP contribution in [0, 0.1) is 11.3 Å². The number of benzene rings is 1. The Morgan fingerprint density at radius 3 is 3.00 bits per heavy atom.